The van der Waals surface area contributed by atoms with Crippen LogP contribution < -0.4 is 5.73 Å². The van der Waals surface area contributed by atoms with Crippen molar-refractivity contribution in [3.05, 3.63) is 30.0 Å². The van der Waals surface area contributed by atoms with Gasteiger partial charge >= 0.3 is 0 Å². The molecule has 0 unspecified atom stereocenters. The summed E-state index contributed by atoms with van der Waals surface area (Å²) in [6.45, 7) is 2.69. The fraction of sp³-hybridized carbons (Fsp3) is 0.385. The van der Waals surface area contributed by atoms with Gasteiger partial charge in [-0.15, -0.1) is 0 Å². The van der Waals surface area contributed by atoms with E-state index in [0.29, 0.717) is 12.5 Å². The van der Waals surface area contributed by atoms with E-state index in [1.54, 1.807) is 6.20 Å². The van der Waals surface area contributed by atoms with Crippen molar-refractivity contribution in [1.29, 1.82) is 0 Å². The van der Waals surface area contributed by atoms with Gasteiger partial charge in [-0.2, -0.15) is 5.10 Å². The Morgan fingerprint density at radius 2 is 2.20 bits per heavy atom. The number of hydrogen-bond acceptors (Lipinski definition) is 5. The summed E-state index contributed by atoms with van der Waals surface area (Å²) >= 11 is 0. The molecule has 0 spiro atoms. The van der Waals surface area contributed by atoms with Crippen LogP contribution in [0.3, 0.4) is 0 Å². The summed E-state index contributed by atoms with van der Waals surface area (Å²) in [5.74, 6) is 0.490. The van der Waals surface area contributed by atoms with E-state index in [9.17, 15) is 0 Å². The van der Waals surface area contributed by atoms with Crippen molar-refractivity contribution in [3.63, 3.8) is 0 Å². The topological polar surface area (TPSA) is 87.4 Å². The quantitative estimate of drug-likeness (QED) is 0.769. The van der Waals surface area contributed by atoms with Crippen LogP contribution in [-0.4, -0.2) is 29.3 Å². The Bertz CT molecular complexity index is 726. The molecule has 0 aliphatic carbocycles. The third kappa shape index (κ3) is 2.01. The van der Waals surface area contributed by atoms with Crippen LogP contribution in [0.25, 0.3) is 11.2 Å². The maximum absolute atomic E-state index is 6.05. The van der Waals surface area contributed by atoms with Gasteiger partial charge in [0, 0.05) is 13.2 Å². The van der Waals surface area contributed by atoms with Crippen molar-refractivity contribution in [3.8, 4) is 0 Å². The zero-order valence-electron chi connectivity index (χ0n) is 11.6. The Hall–Kier alpha value is -2.44. The molecule has 0 saturated carbocycles. The predicted molar refractivity (Wildman–Crippen MR) is 76.0 cm³/mol. The van der Waals surface area contributed by atoms with E-state index in [-0.39, 0.29) is 0 Å². The van der Waals surface area contributed by atoms with Gasteiger partial charge in [0.1, 0.15) is 11.8 Å². The molecule has 2 N–H and O–H groups in total. The number of rotatable bonds is 4. The van der Waals surface area contributed by atoms with Crippen LogP contribution >= 0.6 is 0 Å². The molecule has 104 valence electrons. The summed E-state index contributed by atoms with van der Waals surface area (Å²) in [7, 11) is 1.92. The van der Waals surface area contributed by atoms with E-state index in [1.165, 1.54) is 6.33 Å². The largest absolute Gasteiger partial charge is 0.369 e. The average molecular weight is 271 g/mol. The summed E-state index contributed by atoms with van der Waals surface area (Å²) in [6, 6.07) is 1.87. The lowest BCUT2D eigenvalue weighted by molar-refractivity contribution is 0.705. The number of anilines is 1. The van der Waals surface area contributed by atoms with Crippen LogP contribution in [0, 0.1) is 0 Å². The highest BCUT2D eigenvalue weighted by Gasteiger charge is 2.17. The molecule has 3 heterocycles. The highest BCUT2D eigenvalue weighted by Crippen LogP contribution is 2.22. The Morgan fingerprint density at radius 3 is 2.90 bits per heavy atom. The summed E-state index contributed by atoms with van der Waals surface area (Å²) in [4.78, 5) is 12.6. The molecule has 0 radical (unpaired) electrons. The number of nitrogen functional groups attached to an aromatic ring is 1. The summed E-state index contributed by atoms with van der Waals surface area (Å²) < 4.78 is 3.77. The summed E-state index contributed by atoms with van der Waals surface area (Å²) in [5.41, 5.74) is 9.76. The lowest BCUT2D eigenvalue weighted by Gasteiger charge is -2.05. The van der Waals surface area contributed by atoms with Gasteiger partial charge in [0.15, 0.2) is 5.65 Å². The molecular formula is C13H17N7. The molecule has 7 nitrogen and oxygen atoms in total. The SMILES string of the molecule is CCCc1nn(C)c2c1nc(N)n2Cc1ccncn1. The molecule has 0 aliphatic heterocycles. The zero-order valence-corrected chi connectivity index (χ0v) is 11.6. The lowest BCUT2D eigenvalue weighted by Crippen LogP contribution is -2.09. The molecule has 0 fully saturated rings. The van der Waals surface area contributed by atoms with Crippen molar-refractivity contribution >= 4 is 17.1 Å². The first-order chi connectivity index (χ1) is 9.70. The number of nitrogens with two attached hydrogens (primary N) is 1. The van der Waals surface area contributed by atoms with Gasteiger partial charge in [-0.05, 0) is 12.5 Å². The van der Waals surface area contributed by atoms with E-state index < -0.39 is 0 Å². The Labute approximate surface area is 116 Å². The maximum atomic E-state index is 6.05. The number of aromatic nitrogens is 6. The van der Waals surface area contributed by atoms with Gasteiger partial charge in [-0.3, -0.25) is 9.25 Å². The van der Waals surface area contributed by atoms with Gasteiger partial charge in [-0.25, -0.2) is 15.0 Å². The Morgan fingerprint density at radius 1 is 1.35 bits per heavy atom. The van der Waals surface area contributed by atoms with Crippen LogP contribution in [0.1, 0.15) is 24.7 Å². The first-order valence-corrected chi connectivity index (χ1v) is 6.63. The van der Waals surface area contributed by atoms with E-state index in [0.717, 1.165) is 35.4 Å². The zero-order chi connectivity index (χ0) is 14.1. The molecule has 3 aromatic rings. The van der Waals surface area contributed by atoms with Crippen LogP contribution in [0.4, 0.5) is 5.95 Å². The van der Waals surface area contributed by atoms with E-state index >= 15 is 0 Å². The number of hydrogen-bond donors (Lipinski definition) is 1. The van der Waals surface area contributed by atoms with Crippen LogP contribution in [-0.2, 0) is 20.0 Å². The van der Waals surface area contributed by atoms with Gasteiger partial charge in [0.2, 0.25) is 5.95 Å². The maximum Gasteiger partial charge on any atom is 0.202 e. The number of imidazole rings is 1. The van der Waals surface area contributed by atoms with Crippen LogP contribution in [0.2, 0.25) is 0 Å². The summed E-state index contributed by atoms with van der Waals surface area (Å²) in [5, 5.41) is 4.53. The predicted octanol–water partition coefficient (Wildman–Crippen LogP) is 1.14. The minimum atomic E-state index is 0.490. The van der Waals surface area contributed by atoms with E-state index in [2.05, 4.69) is 27.0 Å². The van der Waals surface area contributed by atoms with Gasteiger partial charge < -0.3 is 5.73 Å². The molecule has 0 amide bonds. The Kier molecular flexibility index (Phi) is 3.09. The molecular weight excluding hydrogens is 254 g/mol. The van der Waals surface area contributed by atoms with Crippen LogP contribution in [0.5, 0.6) is 0 Å². The van der Waals surface area contributed by atoms with E-state index in [1.807, 2.05) is 22.4 Å². The first kappa shape index (κ1) is 12.6. The number of nitrogens with zero attached hydrogens (tertiary/aromatic N) is 6. The average Bonchev–Trinajstić information content (AvgIpc) is 2.91. The highest BCUT2D eigenvalue weighted by atomic mass is 15.3. The van der Waals surface area contributed by atoms with Crippen molar-refractivity contribution < 1.29 is 0 Å². The molecule has 0 aromatic carbocycles. The van der Waals surface area contributed by atoms with Crippen molar-refractivity contribution in [1.82, 2.24) is 29.3 Å². The second-order valence-corrected chi connectivity index (χ2v) is 4.75. The first-order valence-electron chi connectivity index (χ1n) is 6.63. The minimum Gasteiger partial charge on any atom is -0.369 e. The molecule has 3 aromatic heterocycles. The van der Waals surface area contributed by atoms with Crippen molar-refractivity contribution in [2.75, 3.05) is 5.73 Å². The summed E-state index contributed by atoms with van der Waals surface area (Å²) in [6.07, 6.45) is 5.19. The van der Waals surface area contributed by atoms with Crippen molar-refractivity contribution in [2.24, 2.45) is 7.05 Å². The molecule has 0 saturated heterocycles. The fourth-order valence-electron chi connectivity index (χ4n) is 2.39. The molecule has 0 aliphatic rings. The monoisotopic (exact) mass is 271 g/mol. The number of fused-ring (bicyclic) bond motifs is 1. The van der Waals surface area contributed by atoms with Gasteiger partial charge in [-0.1, -0.05) is 13.3 Å². The van der Waals surface area contributed by atoms with Gasteiger partial charge in [0.05, 0.1) is 17.9 Å². The molecule has 3 rings (SSSR count). The number of aryl methyl sites for hydroxylation is 2. The lowest BCUT2D eigenvalue weighted by atomic mass is 10.2. The molecule has 0 bridgehead atoms. The van der Waals surface area contributed by atoms with E-state index in [4.69, 9.17) is 5.73 Å². The third-order valence-electron chi connectivity index (χ3n) is 3.27. The molecule has 20 heavy (non-hydrogen) atoms. The normalized spacial score (nSPS) is 11.3. The van der Waals surface area contributed by atoms with Crippen molar-refractivity contribution in [2.45, 2.75) is 26.3 Å². The Balaban J connectivity index is 2.09. The second kappa shape index (κ2) is 4.92. The minimum absolute atomic E-state index is 0.490. The second-order valence-electron chi connectivity index (χ2n) is 4.75. The molecule has 7 heteroatoms. The van der Waals surface area contributed by atoms with Crippen LogP contribution in [0.15, 0.2) is 18.6 Å². The standard InChI is InChI=1S/C13H17N7/c1-3-4-10-11-12(19(2)18-10)20(13(14)17-11)7-9-5-6-15-8-16-9/h5-6,8H,3-4,7H2,1-2H3,(H2,14,17). The fourth-order valence-corrected chi connectivity index (χ4v) is 2.39. The smallest absolute Gasteiger partial charge is 0.202 e. The van der Waals surface area contributed by atoms with Gasteiger partial charge in [0.25, 0.3) is 0 Å². The third-order valence-corrected chi connectivity index (χ3v) is 3.27. The highest BCUT2D eigenvalue weighted by molar-refractivity contribution is 5.77. The molecule has 0 atom stereocenters.